The lowest BCUT2D eigenvalue weighted by Gasteiger charge is -2.10. The molecule has 0 rings (SSSR count). The third-order valence-electron chi connectivity index (χ3n) is 1.44. The molecule has 0 aromatic heterocycles. The summed E-state index contributed by atoms with van der Waals surface area (Å²) in [6.07, 6.45) is 6.07. The molecule has 0 aromatic carbocycles. The third-order valence-corrected chi connectivity index (χ3v) is 1.44. The third kappa shape index (κ3) is 4.40. The van der Waals surface area contributed by atoms with Crippen LogP contribution in [-0.2, 0) is 4.79 Å². The fraction of sp³-hybridized carbons (Fsp3) is 0.625. The number of rotatable bonds is 4. The zero-order valence-corrected chi connectivity index (χ0v) is 6.58. The van der Waals surface area contributed by atoms with E-state index in [1.54, 1.807) is 0 Å². The largest absolute Gasteiger partial charge is 0.480 e. The number of terminal acetylenes is 1. The van der Waals surface area contributed by atoms with Crippen LogP contribution >= 0.6 is 0 Å². The molecule has 0 aliphatic rings. The Bertz CT molecular complexity index is 171. The maximum Gasteiger partial charge on any atom is 0.320 e. The van der Waals surface area contributed by atoms with E-state index in [0.717, 1.165) is 0 Å². The van der Waals surface area contributed by atoms with Gasteiger partial charge in [-0.05, 0) is 12.3 Å². The Hall–Kier alpha value is -1.01. The summed E-state index contributed by atoms with van der Waals surface area (Å²) < 4.78 is 0. The van der Waals surface area contributed by atoms with Gasteiger partial charge in [0.2, 0.25) is 0 Å². The van der Waals surface area contributed by atoms with Crippen LogP contribution in [0, 0.1) is 18.3 Å². The van der Waals surface area contributed by atoms with Crippen LogP contribution in [-0.4, -0.2) is 17.1 Å². The molecule has 0 aromatic rings. The minimum Gasteiger partial charge on any atom is -0.480 e. The molecule has 2 unspecified atom stereocenters. The molecule has 0 fully saturated rings. The second kappa shape index (κ2) is 4.75. The summed E-state index contributed by atoms with van der Waals surface area (Å²) >= 11 is 0. The fourth-order valence-electron chi connectivity index (χ4n) is 0.819. The van der Waals surface area contributed by atoms with E-state index in [1.807, 2.05) is 6.92 Å². The van der Waals surface area contributed by atoms with Crippen LogP contribution in [0.4, 0.5) is 0 Å². The fourth-order valence-corrected chi connectivity index (χ4v) is 0.819. The number of aliphatic carboxylic acids is 1. The van der Waals surface area contributed by atoms with Gasteiger partial charge < -0.3 is 10.8 Å². The molecule has 0 saturated carbocycles. The van der Waals surface area contributed by atoms with Gasteiger partial charge in [-0.3, -0.25) is 4.79 Å². The predicted molar refractivity (Wildman–Crippen MR) is 42.8 cm³/mol. The van der Waals surface area contributed by atoms with Crippen molar-refractivity contribution in [2.75, 3.05) is 0 Å². The Balaban J connectivity index is 3.67. The molecular weight excluding hydrogens is 142 g/mol. The molecule has 0 saturated heterocycles. The first-order chi connectivity index (χ1) is 5.07. The summed E-state index contributed by atoms with van der Waals surface area (Å²) in [6.45, 7) is 1.89. The van der Waals surface area contributed by atoms with E-state index in [-0.39, 0.29) is 5.92 Å². The van der Waals surface area contributed by atoms with Crippen LogP contribution in [0.2, 0.25) is 0 Å². The molecule has 3 N–H and O–H groups in total. The summed E-state index contributed by atoms with van der Waals surface area (Å²) in [6, 6.07) is -0.779. The van der Waals surface area contributed by atoms with Gasteiger partial charge in [0.05, 0.1) is 0 Å². The summed E-state index contributed by atoms with van der Waals surface area (Å²) in [5.41, 5.74) is 5.28. The highest BCUT2D eigenvalue weighted by Crippen LogP contribution is 2.08. The Morgan fingerprint density at radius 3 is 2.73 bits per heavy atom. The zero-order valence-electron chi connectivity index (χ0n) is 6.58. The Labute approximate surface area is 66.6 Å². The van der Waals surface area contributed by atoms with Gasteiger partial charge in [0.1, 0.15) is 6.04 Å². The van der Waals surface area contributed by atoms with Crippen molar-refractivity contribution in [1.82, 2.24) is 0 Å². The van der Waals surface area contributed by atoms with E-state index >= 15 is 0 Å². The van der Waals surface area contributed by atoms with Crippen molar-refractivity contribution in [3.8, 4) is 12.3 Å². The van der Waals surface area contributed by atoms with Crippen LogP contribution in [0.5, 0.6) is 0 Å². The van der Waals surface area contributed by atoms with Crippen molar-refractivity contribution in [3.63, 3.8) is 0 Å². The van der Waals surface area contributed by atoms with Gasteiger partial charge in [-0.15, -0.1) is 12.3 Å². The molecule has 0 radical (unpaired) electrons. The highest BCUT2D eigenvalue weighted by molar-refractivity contribution is 5.72. The average Bonchev–Trinajstić information content (AvgIpc) is 1.87. The van der Waals surface area contributed by atoms with E-state index in [4.69, 9.17) is 17.3 Å². The number of carboxylic acid groups (broad SMARTS) is 1. The van der Waals surface area contributed by atoms with Gasteiger partial charge in [-0.1, -0.05) is 6.92 Å². The number of carboxylic acids is 1. The molecule has 0 bridgehead atoms. The Kier molecular flexibility index (Phi) is 4.32. The maximum absolute atomic E-state index is 10.3. The lowest BCUT2D eigenvalue weighted by atomic mass is 10.00. The van der Waals surface area contributed by atoms with E-state index in [2.05, 4.69) is 5.92 Å². The van der Waals surface area contributed by atoms with Crippen molar-refractivity contribution in [1.29, 1.82) is 0 Å². The summed E-state index contributed by atoms with van der Waals surface area (Å²) in [5.74, 6) is 1.69. The zero-order chi connectivity index (χ0) is 8.85. The van der Waals surface area contributed by atoms with Crippen molar-refractivity contribution < 1.29 is 9.90 Å². The molecule has 0 aliphatic carbocycles. The van der Waals surface area contributed by atoms with Crippen LogP contribution in [0.3, 0.4) is 0 Å². The SMILES string of the molecule is C#CCC(C)CC(N)C(=O)O. The van der Waals surface area contributed by atoms with Gasteiger partial charge in [0, 0.05) is 6.42 Å². The smallest absolute Gasteiger partial charge is 0.320 e. The molecule has 0 spiro atoms. The molecule has 2 atom stereocenters. The van der Waals surface area contributed by atoms with Gasteiger partial charge in [0.15, 0.2) is 0 Å². The number of hydrogen-bond donors (Lipinski definition) is 2. The second-order valence-corrected chi connectivity index (χ2v) is 2.69. The van der Waals surface area contributed by atoms with Crippen molar-refractivity contribution in [2.45, 2.75) is 25.8 Å². The van der Waals surface area contributed by atoms with Crippen molar-refractivity contribution in [2.24, 2.45) is 11.7 Å². The van der Waals surface area contributed by atoms with Crippen LogP contribution in [0.25, 0.3) is 0 Å². The highest BCUT2D eigenvalue weighted by Gasteiger charge is 2.14. The van der Waals surface area contributed by atoms with Gasteiger partial charge in [0.25, 0.3) is 0 Å². The van der Waals surface area contributed by atoms with Gasteiger partial charge in [-0.2, -0.15) is 0 Å². The topological polar surface area (TPSA) is 63.3 Å². The van der Waals surface area contributed by atoms with E-state index in [9.17, 15) is 4.79 Å². The quantitative estimate of drug-likeness (QED) is 0.579. The van der Waals surface area contributed by atoms with E-state index < -0.39 is 12.0 Å². The predicted octanol–water partition coefficient (Wildman–Crippen LogP) is 0.448. The molecule has 0 amide bonds. The lowest BCUT2D eigenvalue weighted by Crippen LogP contribution is -2.31. The second-order valence-electron chi connectivity index (χ2n) is 2.69. The summed E-state index contributed by atoms with van der Waals surface area (Å²) in [4.78, 5) is 10.3. The van der Waals surface area contributed by atoms with Gasteiger partial charge in [-0.25, -0.2) is 0 Å². The first-order valence-corrected chi connectivity index (χ1v) is 3.49. The van der Waals surface area contributed by atoms with Crippen LogP contribution < -0.4 is 5.73 Å². The molecule has 11 heavy (non-hydrogen) atoms. The minimum atomic E-state index is -0.964. The minimum absolute atomic E-state index is 0.186. The molecular formula is C8H13NO2. The first kappa shape index (κ1) is 9.99. The monoisotopic (exact) mass is 155 g/mol. The standard InChI is InChI=1S/C8H13NO2/c1-3-4-6(2)5-7(9)8(10)11/h1,6-7H,4-5,9H2,2H3,(H,10,11). The number of nitrogens with two attached hydrogens (primary N) is 1. The van der Waals surface area contributed by atoms with E-state index in [0.29, 0.717) is 12.8 Å². The normalized spacial score (nSPS) is 15.0. The highest BCUT2D eigenvalue weighted by atomic mass is 16.4. The van der Waals surface area contributed by atoms with Crippen LogP contribution in [0.1, 0.15) is 19.8 Å². The maximum atomic E-state index is 10.3. The molecule has 3 heteroatoms. The average molecular weight is 155 g/mol. The summed E-state index contributed by atoms with van der Waals surface area (Å²) in [7, 11) is 0. The number of hydrogen-bond acceptors (Lipinski definition) is 2. The molecule has 0 heterocycles. The first-order valence-electron chi connectivity index (χ1n) is 3.49. The molecule has 3 nitrogen and oxygen atoms in total. The van der Waals surface area contributed by atoms with Crippen LogP contribution in [0.15, 0.2) is 0 Å². The molecule has 62 valence electrons. The Morgan fingerprint density at radius 2 is 2.36 bits per heavy atom. The van der Waals surface area contributed by atoms with Gasteiger partial charge >= 0.3 is 5.97 Å². The number of carbonyl (C=O) groups is 1. The molecule has 0 aliphatic heterocycles. The van der Waals surface area contributed by atoms with E-state index in [1.165, 1.54) is 0 Å². The van der Waals surface area contributed by atoms with Crippen molar-refractivity contribution in [3.05, 3.63) is 0 Å². The summed E-state index contributed by atoms with van der Waals surface area (Å²) in [5, 5.41) is 8.42. The lowest BCUT2D eigenvalue weighted by molar-refractivity contribution is -0.138. The van der Waals surface area contributed by atoms with Crippen molar-refractivity contribution >= 4 is 5.97 Å². The Morgan fingerprint density at radius 1 is 1.82 bits per heavy atom.